The summed E-state index contributed by atoms with van der Waals surface area (Å²) in [6.45, 7) is 3.04. The molecule has 3 aromatic rings. The molecule has 0 unspecified atom stereocenters. The van der Waals surface area contributed by atoms with Crippen molar-refractivity contribution in [2.45, 2.75) is 19.9 Å². The van der Waals surface area contributed by atoms with Crippen LogP contribution in [0, 0.1) is 4.77 Å². The molecule has 1 heterocycles. The van der Waals surface area contributed by atoms with Crippen molar-refractivity contribution in [1.29, 1.82) is 0 Å². The van der Waals surface area contributed by atoms with E-state index >= 15 is 0 Å². The standard InChI is InChI=1S/C20H22N4O2S/c1-3-23(16-7-5-4-6-8-16)18(25)13-14-24-19(21-22-20(24)27)15-9-11-17(26-2)12-10-15/h4-12H,3,13-14H2,1-2H3,(H,22,27). The minimum atomic E-state index is 0.0486. The fourth-order valence-corrected chi connectivity index (χ4v) is 3.16. The minimum absolute atomic E-state index is 0.0486. The van der Waals surface area contributed by atoms with Gasteiger partial charge in [0.1, 0.15) is 5.75 Å². The molecule has 27 heavy (non-hydrogen) atoms. The molecule has 0 fully saturated rings. The maximum absolute atomic E-state index is 12.7. The molecule has 0 bridgehead atoms. The molecule has 0 aliphatic heterocycles. The van der Waals surface area contributed by atoms with Crippen LogP contribution in [-0.4, -0.2) is 34.3 Å². The maximum atomic E-state index is 12.7. The smallest absolute Gasteiger partial charge is 0.228 e. The number of benzene rings is 2. The van der Waals surface area contributed by atoms with Crippen molar-refractivity contribution in [3.8, 4) is 17.1 Å². The molecule has 140 valence electrons. The molecule has 0 aliphatic carbocycles. The van der Waals surface area contributed by atoms with Crippen LogP contribution < -0.4 is 9.64 Å². The molecule has 0 spiro atoms. The predicted molar refractivity (Wildman–Crippen MR) is 108 cm³/mol. The van der Waals surface area contributed by atoms with Gasteiger partial charge in [0.05, 0.1) is 7.11 Å². The van der Waals surface area contributed by atoms with Crippen molar-refractivity contribution in [2.24, 2.45) is 0 Å². The summed E-state index contributed by atoms with van der Waals surface area (Å²) in [6.07, 6.45) is 0.333. The minimum Gasteiger partial charge on any atom is -0.497 e. The maximum Gasteiger partial charge on any atom is 0.228 e. The van der Waals surface area contributed by atoms with Crippen molar-refractivity contribution < 1.29 is 9.53 Å². The molecule has 0 radical (unpaired) electrons. The van der Waals surface area contributed by atoms with Crippen LogP contribution in [0.3, 0.4) is 0 Å². The Morgan fingerprint density at radius 2 is 1.89 bits per heavy atom. The number of nitrogens with one attached hydrogen (secondary N) is 1. The van der Waals surface area contributed by atoms with E-state index < -0.39 is 0 Å². The summed E-state index contributed by atoms with van der Waals surface area (Å²) < 4.78 is 7.55. The number of carbonyl (C=O) groups is 1. The molecular weight excluding hydrogens is 360 g/mol. The van der Waals surface area contributed by atoms with Crippen LogP contribution in [0.25, 0.3) is 11.4 Å². The lowest BCUT2D eigenvalue weighted by atomic mass is 10.2. The average molecular weight is 382 g/mol. The van der Waals surface area contributed by atoms with Gasteiger partial charge >= 0.3 is 0 Å². The van der Waals surface area contributed by atoms with Gasteiger partial charge in [-0.3, -0.25) is 14.5 Å². The lowest BCUT2D eigenvalue weighted by Gasteiger charge is -2.21. The number of ether oxygens (including phenoxy) is 1. The second kappa shape index (κ2) is 8.64. The van der Waals surface area contributed by atoms with E-state index in [0.717, 1.165) is 17.0 Å². The number of anilines is 1. The number of nitrogens with zero attached hydrogens (tertiary/aromatic N) is 3. The fourth-order valence-electron chi connectivity index (χ4n) is 2.94. The fraction of sp³-hybridized carbons (Fsp3) is 0.250. The Morgan fingerprint density at radius 1 is 1.19 bits per heavy atom. The van der Waals surface area contributed by atoms with Gasteiger partial charge in [-0.05, 0) is 55.5 Å². The van der Waals surface area contributed by atoms with Gasteiger partial charge in [0.2, 0.25) is 5.91 Å². The molecule has 7 heteroatoms. The Labute approximate surface area is 163 Å². The van der Waals surface area contributed by atoms with E-state index in [2.05, 4.69) is 10.2 Å². The summed E-state index contributed by atoms with van der Waals surface area (Å²) >= 11 is 5.36. The van der Waals surface area contributed by atoms with E-state index in [1.165, 1.54) is 0 Å². The van der Waals surface area contributed by atoms with Crippen molar-refractivity contribution in [3.63, 3.8) is 0 Å². The highest BCUT2D eigenvalue weighted by Gasteiger charge is 2.16. The summed E-state index contributed by atoms with van der Waals surface area (Å²) in [4.78, 5) is 14.5. The monoisotopic (exact) mass is 382 g/mol. The van der Waals surface area contributed by atoms with Crippen molar-refractivity contribution in [1.82, 2.24) is 14.8 Å². The summed E-state index contributed by atoms with van der Waals surface area (Å²) in [7, 11) is 1.63. The van der Waals surface area contributed by atoms with E-state index in [1.54, 1.807) is 12.0 Å². The molecule has 0 saturated carbocycles. The number of methoxy groups -OCH3 is 1. The summed E-state index contributed by atoms with van der Waals surface area (Å²) in [5.74, 6) is 1.53. The number of rotatable bonds is 7. The first-order valence-corrected chi connectivity index (χ1v) is 9.20. The van der Waals surface area contributed by atoms with E-state index in [9.17, 15) is 4.79 Å². The molecule has 0 atom stereocenters. The lowest BCUT2D eigenvalue weighted by molar-refractivity contribution is -0.118. The summed E-state index contributed by atoms with van der Waals surface area (Å²) in [6, 6.07) is 17.3. The second-order valence-corrected chi connectivity index (χ2v) is 6.34. The number of hydrogen-bond acceptors (Lipinski definition) is 4. The van der Waals surface area contributed by atoms with Crippen LogP contribution >= 0.6 is 12.2 Å². The van der Waals surface area contributed by atoms with Gasteiger partial charge in [-0.25, -0.2) is 0 Å². The van der Waals surface area contributed by atoms with Crippen molar-refractivity contribution in [3.05, 3.63) is 59.4 Å². The highest BCUT2D eigenvalue weighted by molar-refractivity contribution is 7.71. The molecule has 1 amide bonds. The number of aromatic nitrogens is 3. The van der Waals surface area contributed by atoms with Gasteiger partial charge in [-0.2, -0.15) is 5.10 Å². The third-order valence-electron chi connectivity index (χ3n) is 4.34. The Morgan fingerprint density at radius 3 is 2.52 bits per heavy atom. The third kappa shape index (κ3) is 4.25. The first-order chi connectivity index (χ1) is 13.1. The number of H-pyrrole nitrogens is 1. The number of hydrogen-bond donors (Lipinski definition) is 1. The Kier molecular flexibility index (Phi) is 6.03. The molecule has 6 nitrogen and oxygen atoms in total. The van der Waals surface area contributed by atoms with Crippen molar-refractivity contribution in [2.75, 3.05) is 18.6 Å². The third-order valence-corrected chi connectivity index (χ3v) is 4.65. The lowest BCUT2D eigenvalue weighted by Crippen LogP contribution is -2.31. The molecule has 1 aromatic heterocycles. The molecule has 3 rings (SSSR count). The van der Waals surface area contributed by atoms with E-state index in [-0.39, 0.29) is 5.91 Å². The molecule has 1 N–H and O–H groups in total. The van der Waals surface area contributed by atoms with Gasteiger partial charge in [-0.15, -0.1) is 0 Å². The van der Waals surface area contributed by atoms with Gasteiger partial charge in [0.25, 0.3) is 0 Å². The zero-order valence-corrected chi connectivity index (χ0v) is 16.2. The quantitative estimate of drug-likeness (QED) is 0.626. The molecule has 0 aliphatic rings. The zero-order valence-electron chi connectivity index (χ0n) is 15.4. The first-order valence-electron chi connectivity index (χ1n) is 8.79. The van der Waals surface area contributed by atoms with Crippen LogP contribution in [-0.2, 0) is 11.3 Å². The van der Waals surface area contributed by atoms with Crippen LogP contribution in [0.1, 0.15) is 13.3 Å². The Hall–Kier alpha value is -2.93. The normalized spacial score (nSPS) is 10.6. The molecule has 0 saturated heterocycles. The SMILES string of the molecule is CCN(C(=O)CCn1c(-c2ccc(OC)cc2)n[nH]c1=S)c1ccccc1. The average Bonchev–Trinajstić information content (AvgIpc) is 3.08. The van der Waals surface area contributed by atoms with Crippen molar-refractivity contribution >= 4 is 23.8 Å². The van der Waals surface area contributed by atoms with Crippen LogP contribution in [0.5, 0.6) is 5.75 Å². The Balaban J connectivity index is 1.77. The van der Waals surface area contributed by atoms with Gasteiger partial charge in [0, 0.05) is 30.8 Å². The topological polar surface area (TPSA) is 63.1 Å². The highest BCUT2D eigenvalue weighted by atomic mass is 32.1. The van der Waals surface area contributed by atoms with Crippen LogP contribution in [0.2, 0.25) is 0 Å². The summed E-state index contributed by atoms with van der Waals surface area (Å²) in [5, 5.41) is 7.15. The molecule has 2 aromatic carbocycles. The van der Waals surface area contributed by atoms with E-state index in [0.29, 0.717) is 30.1 Å². The number of aromatic amines is 1. The zero-order chi connectivity index (χ0) is 19.2. The largest absolute Gasteiger partial charge is 0.497 e. The van der Waals surface area contributed by atoms with Crippen LogP contribution in [0.15, 0.2) is 54.6 Å². The Bertz CT molecular complexity index is 948. The predicted octanol–water partition coefficient (Wildman–Crippen LogP) is 4.06. The summed E-state index contributed by atoms with van der Waals surface area (Å²) in [5.41, 5.74) is 1.81. The van der Waals surface area contributed by atoms with Gasteiger partial charge in [-0.1, -0.05) is 18.2 Å². The van der Waals surface area contributed by atoms with Gasteiger partial charge in [0.15, 0.2) is 10.6 Å². The number of amides is 1. The molecular formula is C20H22N4O2S. The highest BCUT2D eigenvalue weighted by Crippen LogP contribution is 2.21. The van der Waals surface area contributed by atoms with Gasteiger partial charge < -0.3 is 9.64 Å². The number of para-hydroxylation sites is 1. The van der Waals surface area contributed by atoms with Crippen LogP contribution in [0.4, 0.5) is 5.69 Å². The van der Waals surface area contributed by atoms with E-state index in [4.69, 9.17) is 17.0 Å². The van der Waals surface area contributed by atoms with E-state index in [1.807, 2.05) is 66.1 Å². The number of carbonyl (C=O) groups excluding carboxylic acids is 1. The first kappa shape index (κ1) is 18.8. The second-order valence-electron chi connectivity index (χ2n) is 5.96.